The number of thioether (sulfide) groups is 1. The molecule has 0 radical (unpaired) electrons. The fraction of sp³-hybridized carbons (Fsp3) is 0.692. The van der Waals surface area contributed by atoms with Crippen LogP contribution in [-0.2, 0) is 16.6 Å². The molecule has 0 amide bonds. The number of hydrogen-bond acceptors (Lipinski definition) is 5. The lowest BCUT2D eigenvalue weighted by Crippen LogP contribution is -2.38. The molecule has 2 N–H and O–H groups in total. The van der Waals surface area contributed by atoms with E-state index in [0.717, 1.165) is 37.9 Å². The SMILES string of the molecule is CCNCc1csc(S(=O)(=O)NC2CCCC2SC)c1. The summed E-state index contributed by atoms with van der Waals surface area (Å²) in [6.45, 7) is 3.64. The highest BCUT2D eigenvalue weighted by Gasteiger charge is 2.31. The van der Waals surface area contributed by atoms with Crippen LogP contribution in [0.1, 0.15) is 31.7 Å². The van der Waals surface area contributed by atoms with Crippen LogP contribution < -0.4 is 10.0 Å². The third kappa shape index (κ3) is 3.98. The molecular weight excluding hydrogens is 312 g/mol. The number of thiophene rings is 1. The van der Waals surface area contributed by atoms with Crippen LogP contribution in [0.2, 0.25) is 0 Å². The van der Waals surface area contributed by atoms with Crippen LogP contribution in [-0.4, -0.2) is 32.5 Å². The van der Waals surface area contributed by atoms with Crippen LogP contribution in [0, 0.1) is 0 Å². The predicted octanol–water partition coefficient (Wildman–Crippen LogP) is 2.42. The molecule has 1 aliphatic carbocycles. The van der Waals surface area contributed by atoms with Gasteiger partial charge in [0.1, 0.15) is 4.21 Å². The van der Waals surface area contributed by atoms with E-state index in [9.17, 15) is 8.42 Å². The standard InChI is InChI=1S/C13H22N2O2S3/c1-3-14-8-10-7-13(19-9-10)20(16,17)15-11-5-4-6-12(11)18-2/h7,9,11-12,14-15H,3-6,8H2,1-2H3. The third-order valence-electron chi connectivity index (χ3n) is 3.54. The molecule has 20 heavy (non-hydrogen) atoms. The molecule has 114 valence electrons. The van der Waals surface area contributed by atoms with Gasteiger partial charge in [-0.05, 0) is 42.7 Å². The summed E-state index contributed by atoms with van der Waals surface area (Å²) in [6.07, 6.45) is 5.20. The molecule has 0 aliphatic heterocycles. The summed E-state index contributed by atoms with van der Waals surface area (Å²) < 4.78 is 28.1. The van der Waals surface area contributed by atoms with E-state index in [-0.39, 0.29) is 6.04 Å². The first-order valence-corrected chi connectivity index (χ1v) is 10.5. The zero-order valence-corrected chi connectivity index (χ0v) is 14.3. The second kappa shape index (κ2) is 7.26. The van der Waals surface area contributed by atoms with Crippen LogP contribution in [0.5, 0.6) is 0 Å². The molecule has 0 aromatic carbocycles. The molecule has 1 saturated carbocycles. The van der Waals surface area contributed by atoms with Crippen molar-refractivity contribution >= 4 is 33.1 Å². The van der Waals surface area contributed by atoms with Gasteiger partial charge in [-0.1, -0.05) is 13.3 Å². The zero-order chi connectivity index (χ0) is 14.6. The van der Waals surface area contributed by atoms with E-state index < -0.39 is 10.0 Å². The minimum Gasteiger partial charge on any atom is -0.313 e. The Kier molecular flexibility index (Phi) is 5.92. The van der Waals surface area contributed by atoms with Crippen LogP contribution in [0.3, 0.4) is 0 Å². The highest BCUT2D eigenvalue weighted by molar-refractivity contribution is 7.99. The Bertz CT molecular complexity index is 527. The quantitative estimate of drug-likeness (QED) is 0.804. The molecule has 1 aliphatic rings. The molecule has 7 heteroatoms. The average Bonchev–Trinajstić information content (AvgIpc) is 3.04. The second-order valence-electron chi connectivity index (χ2n) is 4.99. The number of sulfonamides is 1. The first-order valence-electron chi connectivity index (χ1n) is 6.90. The van der Waals surface area contributed by atoms with Gasteiger partial charge in [0.25, 0.3) is 0 Å². The fourth-order valence-corrected chi connectivity index (χ4v) is 6.01. The topological polar surface area (TPSA) is 58.2 Å². The Morgan fingerprint density at radius 3 is 2.95 bits per heavy atom. The monoisotopic (exact) mass is 334 g/mol. The van der Waals surface area contributed by atoms with Crippen molar-refractivity contribution in [2.75, 3.05) is 12.8 Å². The maximum atomic E-state index is 12.4. The summed E-state index contributed by atoms with van der Waals surface area (Å²) in [4.78, 5) is 0. The zero-order valence-electron chi connectivity index (χ0n) is 11.9. The van der Waals surface area contributed by atoms with Gasteiger partial charge in [-0.2, -0.15) is 11.8 Å². The molecule has 1 heterocycles. The summed E-state index contributed by atoms with van der Waals surface area (Å²) in [6, 6.07) is 1.85. The number of nitrogens with one attached hydrogen (secondary N) is 2. The summed E-state index contributed by atoms with van der Waals surface area (Å²) >= 11 is 3.06. The summed E-state index contributed by atoms with van der Waals surface area (Å²) in [7, 11) is -3.36. The lowest BCUT2D eigenvalue weighted by atomic mass is 10.3. The first kappa shape index (κ1) is 16.3. The van der Waals surface area contributed by atoms with Crippen molar-refractivity contribution in [2.24, 2.45) is 0 Å². The lowest BCUT2D eigenvalue weighted by Gasteiger charge is -2.18. The van der Waals surface area contributed by atoms with Gasteiger partial charge in [-0.15, -0.1) is 11.3 Å². The Labute approximate surface area is 129 Å². The molecule has 1 fully saturated rings. The van der Waals surface area contributed by atoms with Crippen molar-refractivity contribution in [1.29, 1.82) is 0 Å². The van der Waals surface area contributed by atoms with Gasteiger partial charge in [0.05, 0.1) is 0 Å². The highest BCUT2D eigenvalue weighted by atomic mass is 32.2. The van der Waals surface area contributed by atoms with E-state index in [4.69, 9.17) is 0 Å². The van der Waals surface area contributed by atoms with Gasteiger partial charge < -0.3 is 5.32 Å². The normalized spacial score (nSPS) is 23.3. The van der Waals surface area contributed by atoms with Gasteiger partial charge in [0.15, 0.2) is 0 Å². The Hall–Kier alpha value is -0.0800. The molecule has 0 saturated heterocycles. The summed E-state index contributed by atoms with van der Waals surface area (Å²) in [5, 5.41) is 5.53. The van der Waals surface area contributed by atoms with Crippen LogP contribution >= 0.6 is 23.1 Å². The van der Waals surface area contributed by atoms with Crippen molar-refractivity contribution in [3.05, 3.63) is 17.0 Å². The van der Waals surface area contributed by atoms with Gasteiger partial charge in [0, 0.05) is 17.8 Å². The molecule has 1 aromatic rings. The van der Waals surface area contributed by atoms with Crippen LogP contribution in [0.25, 0.3) is 0 Å². The van der Waals surface area contributed by atoms with Crippen molar-refractivity contribution < 1.29 is 8.42 Å². The van der Waals surface area contributed by atoms with Gasteiger partial charge in [-0.25, -0.2) is 13.1 Å². The summed E-state index contributed by atoms with van der Waals surface area (Å²) in [5.74, 6) is 0. The highest BCUT2D eigenvalue weighted by Crippen LogP contribution is 2.30. The van der Waals surface area contributed by atoms with Crippen LogP contribution in [0.4, 0.5) is 0 Å². The fourth-order valence-electron chi connectivity index (χ4n) is 2.46. The molecule has 2 atom stereocenters. The maximum Gasteiger partial charge on any atom is 0.250 e. The van der Waals surface area contributed by atoms with Crippen molar-refractivity contribution in [2.45, 2.75) is 48.2 Å². The van der Waals surface area contributed by atoms with Gasteiger partial charge in [-0.3, -0.25) is 0 Å². The van der Waals surface area contributed by atoms with E-state index in [0.29, 0.717) is 9.46 Å². The van der Waals surface area contributed by atoms with Crippen molar-refractivity contribution in [1.82, 2.24) is 10.0 Å². The minimum atomic E-state index is -3.36. The van der Waals surface area contributed by atoms with E-state index in [1.165, 1.54) is 11.3 Å². The molecular formula is C13H22N2O2S3. The van der Waals surface area contributed by atoms with E-state index in [1.54, 1.807) is 17.8 Å². The van der Waals surface area contributed by atoms with Crippen LogP contribution in [0.15, 0.2) is 15.7 Å². The smallest absolute Gasteiger partial charge is 0.250 e. The van der Waals surface area contributed by atoms with Gasteiger partial charge in [0.2, 0.25) is 10.0 Å². The largest absolute Gasteiger partial charge is 0.313 e. The second-order valence-corrected chi connectivity index (χ2v) is 8.92. The molecule has 1 aromatic heterocycles. The maximum absolute atomic E-state index is 12.4. The average molecular weight is 335 g/mol. The Morgan fingerprint density at radius 2 is 2.25 bits per heavy atom. The molecule has 0 spiro atoms. The molecule has 4 nitrogen and oxygen atoms in total. The Morgan fingerprint density at radius 1 is 1.45 bits per heavy atom. The number of rotatable bonds is 7. The third-order valence-corrected chi connectivity index (χ3v) is 7.68. The predicted molar refractivity (Wildman–Crippen MR) is 87.0 cm³/mol. The Balaban J connectivity index is 2.04. The van der Waals surface area contributed by atoms with Gasteiger partial charge >= 0.3 is 0 Å². The minimum absolute atomic E-state index is 0.0781. The van der Waals surface area contributed by atoms with Crippen molar-refractivity contribution in [3.63, 3.8) is 0 Å². The molecule has 0 bridgehead atoms. The molecule has 2 rings (SSSR count). The van der Waals surface area contributed by atoms with E-state index in [1.807, 2.05) is 12.3 Å². The van der Waals surface area contributed by atoms with E-state index >= 15 is 0 Å². The van der Waals surface area contributed by atoms with E-state index in [2.05, 4.69) is 16.3 Å². The first-order chi connectivity index (χ1) is 9.56. The summed E-state index contributed by atoms with van der Waals surface area (Å²) in [5.41, 5.74) is 1.03. The van der Waals surface area contributed by atoms with Crippen molar-refractivity contribution in [3.8, 4) is 0 Å². The number of hydrogen-bond donors (Lipinski definition) is 2. The molecule has 2 unspecified atom stereocenters. The lowest BCUT2D eigenvalue weighted by molar-refractivity contribution is 0.557.